The SMILES string of the molecule is CCc1c(S(N)(=O)=O)c(C(=O)O)c(C)n1C. The summed E-state index contributed by atoms with van der Waals surface area (Å²) in [7, 11) is -2.40. The van der Waals surface area contributed by atoms with Crippen molar-refractivity contribution in [2.75, 3.05) is 0 Å². The maximum Gasteiger partial charge on any atom is 0.338 e. The summed E-state index contributed by atoms with van der Waals surface area (Å²) in [4.78, 5) is 10.8. The van der Waals surface area contributed by atoms with Crippen LogP contribution < -0.4 is 5.14 Å². The molecule has 0 spiro atoms. The lowest BCUT2D eigenvalue weighted by molar-refractivity contribution is 0.0692. The van der Waals surface area contributed by atoms with E-state index in [-0.39, 0.29) is 10.5 Å². The van der Waals surface area contributed by atoms with Gasteiger partial charge in [-0.25, -0.2) is 18.4 Å². The normalized spacial score (nSPS) is 11.8. The van der Waals surface area contributed by atoms with Gasteiger partial charge in [0.05, 0.1) is 0 Å². The number of sulfonamides is 1. The molecule has 1 rings (SSSR count). The second kappa shape index (κ2) is 3.91. The number of primary sulfonamides is 1. The van der Waals surface area contributed by atoms with Gasteiger partial charge in [-0.15, -0.1) is 0 Å². The highest BCUT2D eigenvalue weighted by molar-refractivity contribution is 7.89. The van der Waals surface area contributed by atoms with Gasteiger partial charge in [0.15, 0.2) is 0 Å². The first-order chi connectivity index (χ1) is 7.21. The maximum atomic E-state index is 11.4. The second-order valence-corrected chi connectivity index (χ2v) is 5.00. The minimum Gasteiger partial charge on any atom is -0.478 e. The van der Waals surface area contributed by atoms with Gasteiger partial charge in [-0.3, -0.25) is 0 Å². The Labute approximate surface area is 93.7 Å². The van der Waals surface area contributed by atoms with Crippen LogP contribution in [0, 0.1) is 6.92 Å². The van der Waals surface area contributed by atoms with Gasteiger partial charge in [0.1, 0.15) is 10.5 Å². The van der Waals surface area contributed by atoms with Gasteiger partial charge in [0.25, 0.3) is 0 Å². The summed E-state index contributed by atoms with van der Waals surface area (Å²) in [6, 6.07) is 0. The average Bonchev–Trinajstić information content (AvgIpc) is 2.39. The fourth-order valence-corrected chi connectivity index (χ4v) is 2.92. The highest BCUT2D eigenvalue weighted by Gasteiger charge is 2.29. The monoisotopic (exact) mass is 246 g/mol. The molecule has 0 atom stereocenters. The largest absolute Gasteiger partial charge is 0.478 e. The molecule has 1 heterocycles. The number of nitrogens with two attached hydrogens (primary N) is 1. The molecule has 16 heavy (non-hydrogen) atoms. The van der Waals surface area contributed by atoms with Crippen molar-refractivity contribution in [3.8, 4) is 0 Å². The summed E-state index contributed by atoms with van der Waals surface area (Å²) in [5, 5.41) is 14.1. The Balaban J connectivity index is 3.81. The summed E-state index contributed by atoms with van der Waals surface area (Å²) in [5.74, 6) is -1.28. The molecule has 7 heteroatoms. The minimum absolute atomic E-state index is 0.234. The van der Waals surface area contributed by atoms with Crippen molar-refractivity contribution < 1.29 is 18.3 Å². The molecule has 0 fully saturated rings. The molecular weight excluding hydrogens is 232 g/mol. The molecule has 0 unspecified atom stereocenters. The van der Waals surface area contributed by atoms with Crippen molar-refractivity contribution in [1.29, 1.82) is 0 Å². The molecule has 0 aliphatic carbocycles. The number of aromatic nitrogens is 1. The summed E-state index contributed by atoms with van der Waals surface area (Å²) in [5.41, 5.74) is 0.563. The summed E-state index contributed by atoms with van der Waals surface area (Å²) >= 11 is 0. The third kappa shape index (κ3) is 1.83. The van der Waals surface area contributed by atoms with Gasteiger partial charge >= 0.3 is 5.97 Å². The van der Waals surface area contributed by atoms with Gasteiger partial charge < -0.3 is 9.67 Å². The second-order valence-electron chi connectivity index (χ2n) is 3.50. The minimum atomic E-state index is -4.02. The lowest BCUT2D eigenvalue weighted by atomic mass is 10.2. The molecule has 0 aliphatic rings. The van der Waals surface area contributed by atoms with Crippen molar-refractivity contribution in [2.45, 2.75) is 25.2 Å². The fourth-order valence-electron chi connectivity index (χ4n) is 1.79. The highest BCUT2D eigenvalue weighted by Crippen LogP contribution is 2.25. The van der Waals surface area contributed by atoms with E-state index in [9.17, 15) is 13.2 Å². The van der Waals surface area contributed by atoms with E-state index in [1.54, 1.807) is 25.5 Å². The van der Waals surface area contributed by atoms with Gasteiger partial charge in [0.2, 0.25) is 10.0 Å². The van der Waals surface area contributed by atoms with E-state index in [4.69, 9.17) is 10.2 Å². The zero-order valence-electron chi connectivity index (χ0n) is 9.31. The lowest BCUT2D eigenvalue weighted by Gasteiger charge is -2.03. The maximum absolute atomic E-state index is 11.4. The molecule has 3 N–H and O–H groups in total. The third-order valence-electron chi connectivity index (χ3n) is 2.59. The fraction of sp³-hybridized carbons (Fsp3) is 0.444. The van der Waals surface area contributed by atoms with Gasteiger partial charge in [-0.1, -0.05) is 6.92 Å². The molecule has 0 bridgehead atoms. The number of hydrogen-bond acceptors (Lipinski definition) is 3. The van der Waals surface area contributed by atoms with Gasteiger partial charge in [-0.05, 0) is 13.3 Å². The first-order valence-electron chi connectivity index (χ1n) is 4.66. The Hall–Kier alpha value is -1.34. The molecule has 1 aromatic heterocycles. The molecule has 6 nitrogen and oxygen atoms in total. The van der Waals surface area contributed by atoms with Crippen molar-refractivity contribution in [1.82, 2.24) is 4.57 Å². The average molecular weight is 246 g/mol. The quantitative estimate of drug-likeness (QED) is 0.797. The molecule has 90 valence electrons. The Morgan fingerprint density at radius 3 is 2.31 bits per heavy atom. The number of aromatic carboxylic acids is 1. The van der Waals surface area contributed by atoms with Crippen molar-refractivity contribution in [2.24, 2.45) is 12.2 Å². The molecule has 0 aliphatic heterocycles. The smallest absolute Gasteiger partial charge is 0.338 e. The zero-order chi connectivity index (χ0) is 12.7. The summed E-state index contributed by atoms with van der Waals surface area (Å²) in [6.45, 7) is 3.30. The van der Waals surface area contributed by atoms with E-state index in [2.05, 4.69) is 0 Å². The summed E-state index contributed by atoms with van der Waals surface area (Å²) in [6.07, 6.45) is 0.399. The Kier molecular flexibility index (Phi) is 3.11. The van der Waals surface area contributed by atoms with Crippen molar-refractivity contribution >= 4 is 16.0 Å². The molecule has 1 aromatic rings. The predicted octanol–water partition coefficient (Wildman–Crippen LogP) is 0.242. The van der Waals surface area contributed by atoms with Gasteiger partial charge in [-0.2, -0.15) is 0 Å². The molecular formula is C9H14N2O4S. The van der Waals surface area contributed by atoms with Crippen LogP contribution >= 0.6 is 0 Å². The standard InChI is InChI=1S/C9H14N2O4S/c1-4-6-8(16(10,14)15)7(9(12)13)5(2)11(6)3/h4H2,1-3H3,(H,12,13)(H2,10,14,15). The molecule has 0 saturated carbocycles. The van der Waals surface area contributed by atoms with E-state index in [1.807, 2.05) is 0 Å². The first kappa shape index (κ1) is 12.7. The van der Waals surface area contributed by atoms with Gasteiger partial charge in [0, 0.05) is 18.4 Å². The third-order valence-corrected chi connectivity index (χ3v) is 3.60. The number of rotatable bonds is 3. The zero-order valence-corrected chi connectivity index (χ0v) is 10.1. The first-order valence-corrected chi connectivity index (χ1v) is 6.20. The summed E-state index contributed by atoms with van der Waals surface area (Å²) < 4.78 is 24.4. The van der Waals surface area contributed by atoms with Crippen LogP contribution in [-0.2, 0) is 23.5 Å². The van der Waals surface area contributed by atoms with Crippen LogP contribution in [0.4, 0.5) is 0 Å². The van der Waals surface area contributed by atoms with E-state index in [0.717, 1.165) is 0 Å². The molecule has 0 radical (unpaired) electrons. The Morgan fingerprint density at radius 2 is 2.00 bits per heavy atom. The highest BCUT2D eigenvalue weighted by atomic mass is 32.2. The number of carboxylic acid groups (broad SMARTS) is 1. The van der Waals surface area contributed by atoms with E-state index in [1.165, 1.54) is 0 Å². The van der Waals surface area contributed by atoms with Crippen LogP contribution in [0.15, 0.2) is 4.90 Å². The van der Waals surface area contributed by atoms with E-state index >= 15 is 0 Å². The van der Waals surface area contributed by atoms with Crippen molar-refractivity contribution in [3.05, 3.63) is 17.0 Å². The van der Waals surface area contributed by atoms with Crippen LogP contribution in [0.25, 0.3) is 0 Å². The molecule has 0 saturated heterocycles. The molecule has 0 amide bonds. The molecule has 0 aromatic carbocycles. The van der Waals surface area contributed by atoms with Crippen LogP contribution in [-0.4, -0.2) is 24.1 Å². The Morgan fingerprint density at radius 1 is 1.50 bits per heavy atom. The van der Waals surface area contributed by atoms with Crippen LogP contribution in [0.5, 0.6) is 0 Å². The number of nitrogens with zero attached hydrogens (tertiary/aromatic N) is 1. The predicted molar refractivity (Wildman–Crippen MR) is 57.9 cm³/mol. The van der Waals surface area contributed by atoms with E-state index in [0.29, 0.717) is 17.8 Å². The topological polar surface area (TPSA) is 102 Å². The van der Waals surface area contributed by atoms with Crippen LogP contribution in [0.1, 0.15) is 28.7 Å². The van der Waals surface area contributed by atoms with E-state index < -0.39 is 16.0 Å². The number of carbonyl (C=O) groups is 1. The van der Waals surface area contributed by atoms with Crippen LogP contribution in [0.2, 0.25) is 0 Å². The Bertz CT molecular complexity index is 542. The number of carboxylic acids is 1. The number of hydrogen-bond donors (Lipinski definition) is 2. The lowest BCUT2D eigenvalue weighted by Crippen LogP contribution is -2.17. The van der Waals surface area contributed by atoms with Crippen molar-refractivity contribution in [3.63, 3.8) is 0 Å². The van der Waals surface area contributed by atoms with Crippen LogP contribution in [0.3, 0.4) is 0 Å².